The van der Waals surface area contributed by atoms with Crippen LogP contribution in [0.2, 0.25) is 0 Å². The molecule has 0 radical (unpaired) electrons. The molecule has 1 aliphatic carbocycles. The second-order valence-corrected chi connectivity index (χ2v) is 8.39. The number of nitrogens with one attached hydrogen (secondary N) is 1. The molecular formula is C12H15BrINOS. The number of hydrogen-bond donors (Lipinski definition) is 1. The number of rotatable bonds is 3. The molecule has 2 rings (SSSR count). The minimum atomic E-state index is 0.0643. The molecule has 1 aromatic heterocycles. The van der Waals surface area contributed by atoms with Crippen LogP contribution in [0.1, 0.15) is 36.0 Å². The van der Waals surface area contributed by atoms with Gasteiger partial charge in [0.2, 0.25) is 0 Å². The summed E-state index contributed by atoms with van der Waals surface area (Å²) >= 11 is 7.57. The fraction of sp³-hybridized carbons (Fsp3) is 0.583. The number of amides is 1. The molecule has 0 aliphatic heterocycles. The molecule has 1 aliphatic rings. The average molecular weight is 428 g/mol. The Morgan fingerprint density at radius 1 is 1.53 bits per heavy atom. The molecule has 0 saturated heterocycles. The molecule has 0 aromatic carbocycles. The number of hydrogen-bond acceptors (Lipinski definition) is 2. The van der Waals surface area contributed by atoms with E-state index >= 15 is 0 Å². The van der Waals surface area contributed by atoms with E-state index in [1.807, 2.05) is 11.4 Å². The fourth-order valence-corrected chi connectivity index (χ4v) is 4.25. The number of alkyl halides is 1. The molecule has 94 valence electrons. The van der Waals surface area contributed by atoms with Crippen LogP contribution in [0.3, 0.4) is 0 Å². The van der Waals surface area contributed by atoms with Crippen LogP contribution in [0.25, 0.3) is 0 Å². The van der Waals surface area contributed by atoms with Gasteiger partial charge >= 0.3 is 0 Å². The summed E-state index contributed by atoms with van der Waals surface area (Å²) in [5.41, 5.74) is 0.793. The number of carbonyl (C=O) groups excluding carboxylic acids is 1. The van der Waals surface area contributed by atoms with Crippen LogP contribution in [0.5, 0.6) is 0 Å². The zero-order valence-corrected chi connectivity index (χ0v) is 14.0. The first kappa shape index (κ1) is 13.8. The molecule has 1 heterocycles. The lowest BCUT2D eigenvalue weighted by Crippen LogP contribution is -2.34. The molecule has 1 N–H and O–H groups in total. The Kier molecular flexibility index (Phi) is 5.29. The van der Waals surface area contributed by atoms with E-state index in [1.165, 1.54) is 25.7 Å². The summed E-state index contributed by atoms with van der Waals surface area (Å²) in [6, 6.07) is 1.94. The average Bonchev–Trinajstić information content (AvgIpc) is 2.74. The molecule has 5 heteroatoms. The number of carbonyl (C=O) groups is 1. The highest BCUT2D eigenvalue weighted by Crippen LogP contribution is 2.29. The summed E-state index contributed by atoms with van der Waals surface area (Å²) in [6.45, 7) is 0.793. The lowest BCUT2D eigenvalue weighted by atomic mass is 9.89. The molecule has 1 saturated carbocycles. The Hall–Kier alpha value is 0.380. The smallest absolute Gasteiger partial charge is 0.252 e. The lowest BCUT2D eigenvalue weighted by molar-refractivity contribution is 0.0945. The summed E-state index contributed by atoms with van der Waals surface area (Å²) in [5, 5.41) is 4.97. The third-order valence-electron chi connectivity index (χ3n) is 3.17. The van der Waals surface area contributed by atoms with Crippen molar-refractivity contribution in [1.82, 2.24) is 5.32 Å². The second kappa shape index (κ2) is 6.52. The van der Waals surface area contributed by atoms with Crippen LogP contribution in [0.4, 0.5) is 0 Å². The van der Waals surface area contributed by atoms with Crippen LogP contribution < -0.4 is 5.32 Å². The first-order valence-corrected chi connectivity index (χ1v) is 8.70. The topological polar surface area (TPSA) is 29.1 Å². The predicted octanol–water partition coefficient (Wildman–Crippen LogP) is 4.04. The van der Waals surface area contributed by atoms with Crippen LogP contribution in [0.15, 0.2) is 11.4 Å². The Bertz CT molecular complexity index is 396. The van der Waals surface area contributed by atoms with Gasteiger partial charge in [-0.1, -0.05) is 28.8 Å². The normalized spacial score (nSPS) is 24.6. The molecule has 2 unspecified atom stereocenters. The van der Waals surface area contributed by atoms with Crippen molar-refractivity contribution in [3.8, 4) is 0 Å². The molecule has 1 aromatic rings. The molecule has 2 atom stereocenters. The highest BCUT2D eigenvalue weighted by molar-refractivity contribution is 14.1. The summed E-state index contributed by atoms with van der Waals surface area (Å²) in [7, 11) is 0. The van der Waals surface area contributed by atoms with Crippen molar-refractivity contribution in [3.05, 3.63) is 19.9 Å². The van der Waals surface area contributed by atoms with Gasteiger partial charge < -0.3 is 5.32 Å². The van der Waals surface area contributed by atoms with Gasteiger partial charge in [-0.2, -0.15) is 0 Å². The van der Waals surface area contributed by atoms with Gasteiger partial charge in [0.25, 0.3) is 5.91 Å². The zero-order chi connectivity index (χ0) is 12.3. The second-order valence-electron chi connectivity index (χ2n) is 4.41. The van der Waals surface area contributed by atoms with Crippen molar-refractivity contribution < 1.29 is 4.79 Å². The Balaban J connectivity index is 1.83. The lowest BCUT2D eigenvalue weighted by Gasteiger charge is -2.27. The van der Waals surface area contributed by atoms with Crippen molar-refractivity contribution in [3.63, 3.8) is 0 Å². The molecule has 0 spiro atoms. The van der Waals surface area contributed by atoms with E-state index in [0.717, 1.165) is 15.0 Å². The van der Waals surface area contributed by atoms with Crippen molar-refractivity contribution in [2.24, 2.45) is 5.92 Å². The van der Waals surface area contributed by atoms with Crippen LogP contribution in [-0.4, -0.2) is 17.3 Å². The quantitative estimate of drug-likeness (QED) is 0.572. The van der Waals surface area contributed by atoms with Crippen LogP contribution in [-0.2, 0) is 0 Å². The van der Waals surface area contributed by atoms with E-state index in [-0.39, 0.29) is 5.91 Å². The SMILES string of the molecule is O=C(NCC1CCCCC1Br)c1csc(I)c1. The van der Waals surface area contributed by atoms with Gasteiger partial charge in [-0.25, -0.2) is 0 Å². The third-order valence-corrected chi connectivity index (χ3v) is 6.17. The molecular weight excluding hydrogens is 413 g/mol. The van der Waals surface area contributed by atoms with E-state index in [1.54, 1.807) is 11.3 Å². The predicted molar refractivity (Wildman–Crippen MR) is 84.0 cm³/mol. The molecule has 0 bridgehead atoms. The minimum absolute atomic E-state index is 0.0643. The summed E-state index contributed by atoms with van der Waals surface area (Å²) < 4.78 is 1.16. The van der Waals surface area contributed by atoms with Crippen LogP contribution >= 0.6 is 49.9 Å². The van der Waals surface area contributed by atoms with Crippen LogP contribution in [0, 0.1) is 8.80 Å². The minimum Gasteiger partial charge on any atom is -0.352 e. The summed E-state index contributed by atoms with van der Waals surface area (Å²) in [4.78, 5) is 12.5. The van der Waals surface area contributed by atoms with Crippen molar-refractivity contribution in [2.45, 2.75) is 30.5 Å². The van der Waals surface area contributed by atoms with Crippen molar-refractivity contribution in [1.29, 1.82) is 0 Å². The van der Waals surface area contributed by atoms with Gasteiger partial charge in [0.1, 0.15) is 0 Å². The summed E-state index contributed by atoms with van der Waals surface area (Å²) in [5.74, 6) is 0.653. The first-order valence-electron chi connectivity index (χ1n) is 5.83. The van der Waals surface area contributed by atoms with Crippen molar-refractivity contribution >= 4 is 55.8 Å². The van der Waals surface area contributed by atoms with Crippen molar-refractivity contribution in [2.75, 3.05) is 6.54 Å². The highest BCUT2D eigenvalue weighted by Gasteiger charge is 2.23. The largest absolute Gasteiger partial charge is 0.352 e. The van der Waals surface area contributed by atoms with Gasteiger partial charge in [-0.15, -0.1) is 11.3 Å². The van der Waals surface area contributed by atoms with E-state index in [2.05, 4.69) is 43.8 Å². The Morgan fingerprint density at radius 2 is 2.29 bits per heavy atom. The maximum atomic E-state index is 11.9. The first-order chi connectivity index (χ1) is 8.16. The number of halogens is 2. The van der Waals surface area contributed by atoms with E-state index < -0.39 is 0 Å². The number of thiophene rings is 1. The fourth-order valence-electron chi connectivity index (χ4n) is 2.15. The zero-order valence-electron chi connectivity index (χ0n) is 9.42. The Morgan fingerprint density at radius 3 is 2.94 bits per heavy atom. The Labute approximate surface area is 128 Å². The van der Waals surface area contributed by atoms with E-state index in [9.17, 15) is 4.79 Å². The highest BCUT2D eigenvalue weighted by atomic mass is 127. The van der Waals surface area contributed by atoms with Gasteiger partial charge in [0.15, 0.2) is 0 Å². The molecule has 17 heavy (non-hydrogen) atoms. The monoisotopic (exact) mass is 427 g/mol. The van der Waals surface area contributed by atoms with E-state index in [4.69, 9.17) is 0 Å². The van der Waals surface area contributed by atoms with Gasteiger partial charge in [-0.3, -0.25) is 4.79 Å². The summed E-state index contributed by atoms with van der Waals surface area (Å²) in [6.07, 6.45) is 5.05. The molecule has 2 nitrogen and oxygen atoms in total. The van der Waals surface area contributed by atoms with Gasteiger partial charge in [0, 0.05) is 16.8 Å². The van der Waals surface area contributed by atoms with E-state index in [0.29, 0.717) is 10.7 Å². The molecule has 1 fully saturated rings. The third kappa shape index (κ3) is 3.92. The maximum Gasteiger partial charge on any atom is 0.252 e. The maximum absolute atomic E-state index is 11.9. The molecule has 1 amide bonds. The van der Waals surface area contributed by atoms with Gasteiger partial charge in [0.05, 0.1) is 8.45 Å². The van der Waals surface area contributed by atoms with Gasteiger partial charge in [-0.05, 0) is 47.4 Å². The standard InChI is InChI=1S/C12H15BrINOS/c13-10-4-2-1-3-8(10)6-15-12(16)9-5-11(14)17-7-9/h5,7-8,10H,1-4,6H2,(H,15,16).